The van der Waals surface area contributed by atoms with Crippen molar-refractivity contribution in [2.45, 2.75) is 0 Å². The molecule has 0 saturated heterocycles. The second-order valence-electron chi connectivity index (χ2n) is 2.58. The smallest absolute Gasteiger partial charge is 0.480 e. The molecule has 0 aliphatic rings. The summed E-state index contributed by atoms with van der Waals surface area (Å²) in [6, 6.07) is 0. The molecule has 0 spiro atoms. The minimum absolute atomic E-state index is 0. The van der Waals surface area contributed by atoms with Gasteiger partial charge in [0, 0.05) is 0 Å². The molecule has 1 radical (unpaired) electrons. The third-order valence-electron chi connectivity index (χ3n) is 1.10. The van der Waals surface area contributed by atoms with Gasteiger partial charge in [0.15, 0.2) is 0 Å². The van der Waals surface area contributed by atoms with E-state index in [-0.39, 0.29) is 17.1 Å². The van der Waals surface area contributed by atoms with Gasteiger partial charge in [-0.15, -0.1) is 0 Å². The summed E-state index contributed by atoms with van der Waals surface area (Å²) >= 11 is 0. The minimum atomic E-state index is -4.44. The van der Waals surface area contributed by atoms with Gasteiger partial charge in [-0.2, -0.15) is 0 Å². The van der Waals surface area contributed by atoms with Crippen LogP contribution in [0.25, 0.3) is 0 Å². The molecule has 0 rings (SSSR count). The van der Waals surface area contributed by atoms with Crippen molar-refractivity contribution >= 4 is 19.5 Å². The Hall–Kier alpha value is -0.431. The molecule has 0 aromatic rings. The maximum atomic E-state index is 10.5. The van der Waals surface area contributed by atoms with Gasteiger partial charge < -0.3 is 20.0 Å². The van der Waals surface area contributed by atoms with E-state index in [4.69, 9.17) is 20.0 Å². The largest absolute Gasteiger partial charge is 2.00 e. The summed E-state index contributed by atoms with van der Waals surface area (Å²) in [6.45, 7) is -1.45. The Morgan fingerprint density at radius 1 is 1.07 bits per heavy atom. The molecular formula is C5H10CuNO7P+2. The van der Waals surface area contributed by atoms with Gasteiger partial charge >= 0.3 is 36.6 Å². The van der Waals surface area contributed by atoms with Crippen LogP contribution in [0.4, 0.5) is 0 Å². The summed E-state index contributed by atoms with van der Waals surface area (Å²) in [7, 11) is -4.44. The molecule has 15 heavy (non-hydrogen) atoms. The summed E-state index contributed by atoms with van der Waals surface area (Å²) in [6.07, 6.45) is -0.883. The normalized spacial score (nSPS) is 10.9. The topological polar surface area (TPSA) is 135 Å². The fraction of sp³-hybridized carbons (Fsp3) is 0.600. The summed E-state index contributed by atoms with van der Waals surface area (Å²) in [5.41, 5.74) is 0. The van der Waals surface area contributed by atoms with E-state index >= 15 is 0 Å². The monoisotopic (exact) mass is 290 g/mol. The van der Waals surface area contributed by atoms with Gasteiger partial charge in [0.1, 0.15) is 6.29 Å². The molecular weight excluding hydrogens is 281 g/mol. The number of nitrogens with zero attached hydrogens (tertiary/aromatic N) is 1. The van der Waals surface area contributed by atoms with Gasteiger partial charge in [0.2, 0.25) is 0 Å². The average molecular weight is 291 g/mol. The quantitative estimate of drug-likeness (QED) is 0.346. The fourth-order valence-corrected chi connectivity index (χ4v) is 1.52. The van der Waals surface area contributed by atoms with E-state index in [0.29, 0.717) is 4.90 Å². The van der Waals surface area contributed by atoms with Crippen molar-refractivity contribution in [2.24, 2.45) is 0 Å². The van der Waals surface area contributed by atoms with Crippen molar-refractivity contribution < 1.29 is 51.2 Å². The third kappa shape index (κ3) is 11.5. The van der Waals surface area contributed by atoms with Crippen molar-refractivity contribution in [1.82, 2.24) is 4.90 Å². The predicted molar refractivity (Wildman–Crippen MR) is 43.8 cm³/mol. The molecule has 0 bridgehead atoms. The first-order valence-electron chi connectivity index (χ1n) is 3.41. The number of carbonyl (C=O) groups is 2. The third-order valence-corrected chi connectivity index (χ3v) is 1.87. The van der Waals surface area contributed by atoms with Crippen LogP contribution >= 0.6 is 7.60 Å². The summed E-state index contributed by atoms with van der Waals surface area (Å²) in [5, 5.41) is 16.6. The second-order valence-corrected chi connectivity index (χ2v) is 4.19. The molecule has 0 fully saturated rings. The van der Waals surface area contributed by atoms with Crippen LogP contribution in [-0.2, 0) is 31.2 Å². The molecule has 4 N–H and O–H groups in total. The molecule has 0 aromatic carbocycles. The van der Waals surface area contributed by atoms with Gasteiger partial charge in [-0.3, -0.25) is 19.1 Å². The molecule has 91 valence electrons. The van der Waals surface area contributed by atoms with E-state index in [0.717, 1.165) is 0 Å². The number of aliphatic carboxylic acids is 2. The fourth-order valence-electron chi connectivity index (χ4n) is 0.799. The Kier molecular flexibility index (Phi) is 7.86. The molecule has 0 unspecified atom stereocenters. The van der Waals surface area contributed by atoms with Crippen LogP contribution in [0, 0.1) is 0 Å². The SMILES string of the molecule is O=C(O)CN(CC(=O)O)CP(=O)(O)O.[Cu+2]. The van der Waals surface area contributed by atoms with Crippen LogP contribution in [0.2, 0.25) is 0 Å². The number of carboxylic acids is 2. The van der Waals surface area contributed by atoms with E-state index < -0.39 is 38.9 Å². The van der Waals surface area contributed by atoms with Crippen molar-refractivity contribution in [3.05, 3.63) is 0 Å². The molecule has 0 amide bonds. The van der Waals surface area contributed by atoms with E-state index in [1.54, 1.807) is 0 Å². The van der Waals surface area contributed by atoms with Crippen LogP contribution in [0.1, 0.15) is 0 Å². The first kappa shape index (κ1) is 17.0. The van der Waals surface area contributed by atoms with Crippen LogP contribution < -0.4 is 0 Å². The Labute approximate surface area is 95.5 Å². The molecule has 0 aliphatic heterocycles. The van der Waals surface area contributed by atoms with E-state index in [9.17, 15) is 14.2 Å². The zero-order chi connectivity index (χ0) is 11.4. The van der Waals surface area contributed by atoms with Crippen molar-refractivity contribution in [1.29, 1.82) is 0 Å². The van der Waals surface area contributed by atoms with Gasteiger partial charge in [0.05, 0.1) is 13.1 Å². The minimum Gasteiger partial charge on any atom is -0.480 e. The summed E-state index contributed by atoms with van der Waals surface area (Å²) in [4.78, 5) is 38.0. The molecule has 0 saturated carbocycles. The average Bonchev–Trinajstić information content (AvgIpc) is 1.77. The molecule has 0 aliphatic carbocycles. The Morgan fingerprint density at radius 3 is 1.60 bits per heavy atom. The molecule has 0 atom stereocenters. The first-order chi connectivity index (χ1) is 6.20. The van der Waals surface area contributed by atoms with Crippen molar-refractivity contribution in [3.8, 4) is 0 Å². The number of carboxylic acid groups (broad SMARTS) is 2. The molecule has 0 heterocycles. The van der Waals surface area contributed by atoms with Crippen LogP contribution in [-0.4, -0.2) is 56.2 Å². The summed E-state index contributed by atoms with van der Waals surface area (Å²) in [5.74, 6) is -2.70. The maximum Gasteiger partial charge on any atom is 2.00 e. The maximum absolute atomic E-state index is 10.5. The van der Waals surface area contributed by atoms with Crippen molar-refractivity contribution in [2.75, 3.05) is 19.4 Å². The Morgan fingerprint density at radius 2 is 1.40 bits per heavy atom. The van der Waals surface area contributed by atoms with Gasteiger partial charge in [0.25, 0.3) is 0 Å². The van der Waals surface area contributed by atoms with Crippen molar-refractivity contribution in [3.63, 3.8) is 0 Å². The zero-order valence-electron chi connectivity index (χ0n) is 7.33. The Balaban J connectivity index is 0. The van der Waals surface area contributed by atoms with Crippen LogP contribution in [0.3, 0.4) is 0 Å². The van der Waals surface area contributed by atoms with Crippen LogP contribution in [0.5, 0.6) is 0 Å². The second kappa shape index (κ2) is 6.95. The molecule has 8 nitrogen and oxygen atoms in total. The number of hydrogen-bond donors (Lipinski definition) is 4. The van der Waals surface area contributed by atoms with E-state index in [1.807, 2.05) is 0 Å². The predicted octanol–water partition coefficient (Wildman–Crippen LogP) is -1.41. The van der Waals surface area contributed by atoms with Gasteiger partial charge in [-0.25, -0.2) is 0 Å². The van der Waals surface area contributed by atoms with Gasteiger partial charge in [-0.1, -0.05) is 0 Å². The molecule has 0 aromatic heterocycles. The molecule has 10 heteroatoms. The van der Waals surface area contributed by atoms with Gasteiger partial charge in [-0.05, 0) is 0 Å². The van der Waals surface area contributed by atoms with Crippen LogP contribution in [0.15, 0.2) is 0 Å². The number of hydrogen-bond acceptors (Lipinski definition) is 4. The summed E-state index contributed by atoms with van der Waals surface area (Å²) < 4.78 is 10.5. The standard InChI is InChI=1S/C5H10NO7P.Cu/c7-4(8)1-6(2-5(9)10)3-14(11,12)13;/h1-3H2,(H,7,8)(H,9,10)(H2,11,12,13);/q;+2. The van der Waals surface area contributed by atoms with E-state index in [2.05, 4.69) is 0 Å². The Bertz CT molecular complexity index is 261. The zero-order valence-corrected chi connectivity index (χ0v) is 9.17. The number of rotatable bonds is 6. The van der Waals surface area contributed by atoms with E-state index in [1.165, 1.54) is 0 Å². The first-order valence-corrected chi connectivity index (χ1v) is 5.21.